The number of aromatic carboxylic acids is 1. The zero-order valence-corrected chi connectivity index (χ0v) is 12.4. The molecule has 0 radical (unpaired) electrons. The van der Waals surface area contributed by atoms with Crippen molar-refractivity contribution in [2.75, 3.05) is 25.5 Å². The number of carbonyl (C=O) groups is 1. The number of benzene rings is 1. The molecular formula is C13H18N2O5S. The number of hydrogen-bond acceptors (Lipinski definition) is 5. The molecule has 0 fully saturated rings. The van der Waals surface area contributed by atoms with E-state index in [1.807, 2.05) is 0 Å². The highest BCUT2D eigenvalue weighted by molar-refractivity contribution is 7.89. The Kier molecular flexibility index (Phi) is 5.89. The Labute approximate surface area is 123 Å². The third kappa shape index (κ3) is 5.18. The number of rotatable bonds is 8. The molecule has 0 bridgehead atoms. The van der Waals surface area contributed by atoms with E-state index >= 15 is 0 Å². The molecule has 0 spiro atoms. The van der Waals surface area contributed by atoms with Gasteiger partial charge >= 0.3 is 5.97 Å². The molecule has 4 N–H and O–H groups in total. The molecule has 0 aliphatic carbocycles. The van der Waals surface area contributed by atoms with E-state index in [1.54, 1.807) is 6.92 Å². The van der Waals surface area contributed by atoms with E-state index in [0.717, 1.165) is 17.7 Å². The van der Waals surface area contributed by atoms with Crippen molar-refractivity contribution >= 4 is 21.7 Å². The van der Waals surface area contributed by atoms with Gasteiger partial charge in [0.1, 0.15) is 4.90 Å². The normalized spacial score (nSPS) is 11.3. The van der Waals surface area contributed by atoms with E-state index in [4.69, 9.17) is 15.6 Å². The average molecular weight is 314 g/mol. The van der Waals surface area contributed by atoms with Gasteiger partial charge in [-0.3, -0.25) is 0 Å². The fourth-order valence-electron chi connectivity index (χ4n) is 1.50. The van der Waals surface area contributed by atoms with Crippen molar-refractivity contribution in [1.82, 2.24) is 4.72 Å². The molecule has 0 heterocycles. The van der Waals surface area contributed by atoms with Crippen LogP contribution in [0.4, 0.5) is 5.69 Å². The summed E-state index contributed by atoms with van der Waals surface area (Å²) < 4.78 is 31.5. The van der Waals surface area contributed by atoms with Crippen LogP contribution in [0.2, 0.25) is 0 Å². The van der Waals surface area contributed by atoms with E-state index in [9.17, 15) is 13.2 Å². The summed E-state index contributed by atoms with van der Waals surface area (Å²) in [6.07, 6.45) is 0. The SMILES string of the molecule is C=C(C)COCCNS(=O)(=O)c1ccc(C(=O)O)cc1N. The second kappa shape index (κ2) is 7.21. The molecular weight excluding hydrogens is 296 g/mol. The highest BCUT2D eigenvalue weighted by atomic mass is 32.2. The molecule has 1 rings (SSSR count). The van der Waals surface area contributed by atoms with Gasteiger partial charge in [0.15, 0.2) is 0 Å². The standard InChI is InChI=1S/C13H18N2O5S/c1-9(2)8-20-6-5-15-21(18,19)12-4-3-10(13(16)17)7-11(12)14/h3-4,7,15H,1,5-6,8,14H2,2H3,(H,16,17). The number of nitrogens with one attached hydrogen (secondary N) is 1. The van der Waals surface area contributed by atoms with Gasteiger partial charge in [-0.05, 0) is 25.1 Å². The predicted molar refractivity (Wildman–Crippen MR) is 78.6 cm³/mol. The number of hydrogen-bond donors (Lipinski definition) is 3. The number of nitrogens with two attached hydrogens (primary N) is 1. The minimum atomic E-state index is -3.80. The Balaban J connectivity index is 2.70. The molecule has 0 amide bonds. The van der Waals surface area contributed by atoms with Gasteiger partial charge in [0.05, 0.1) is 24.5 Å². The van der Waals surface area contributed by atoms with Crippen LogP contribution in [-0.2, 0) is 14.8 Å². The lowest BCUT2D eigenvalue weighted by atomic mass is 10.2. The van der Waals surface area contributed by atoms with Gasteiger partial charge in [0.2, 0.25) is 10.0 Å². The van der Waals surface area contributed by atoms with Crippen molar-refractivity contribution < 1.29 is 23.1 Å². The van der Waals surface area contributed by atoms with Crippen LogP contribution in [0.5, 0.6) is 0 Å². The van der Waals surface area contributed by atoms with Crippen molar-refractivity contribution in [3.05, 3.63) is 35.9 Å². The van der Waals surface area contributed by atoms with Crippen molar-refractivity contribution in [1.29, 1.82) is 0 Å². The summed E-state index contributed by atoms with van der Waals surface area (Å²) in [6, 6.07) is 3.45. The van der Waals surface area contributed by atoms with Crippen LogP contribution in [0.1, 0.15) is 17.3 Å². The van der Waals surface area contributed by atoms with E-state index < -0.39 is 16.0 Å². The Hall–Kier alpha value is -1.90. The molecule has 0 aromatic heterocycles. The molecule has 0 saturated heterocycles. The zero-order chi connectivity index (χ0) is 16.0. The monoisotopic (exact) mass is 314 g/mol. The maximum absolute atomic E-state index is 12.0. The molecule has 21 heavy (non-hydrogen) atoms. The van der Waals surface area contributed by atoms with Gasteiger partial charge in [-0.15, -0.1) is 0 Å². The predicted octanol–water partition coefficient (Wildman–Crippen LogP) is 0.838. The van der Waals surface area contributed by atoms with E-state index in [1.165, 1.54) is 6.07 Å². The maximum atomic E-state index is 12.0. The first-order valence-corrected chi connectivity index (χ1v) is 7.57. The highest BCUT2D eigenvalue weighted by Crippen LogP contribution is 2.19. The summed E-state index contributed by atoms with van der Waals surface area (Å²) in [5.41, 5.74) is 6.24. The van der Waals surface area contributed by atoms with Crippen molar-refractivity contribution in [2.45, 2.75) is 11.8 Å². The van der Waals surface area contributed by atoms with Gasteiger partial charge < -0.3 is 15.6 Å². The Morgan fingerprint density at radius 3 is 2.67 bits per heavy atom. The number of ether oxygens (including phenoxy) is 1. The molecule has 0 saturated carbocycles. The third-order valence-corrected chi connectivity index (χ3v) is 3.97. The number of carboxylic acids is 1. The fraction of sp³-hybridized carbons (Fsp3) is 0.308. The number of nitrogen functional groups attached to an aromatic ring is 1. The molecule has 116 valence electrons. The summed E-state index contributed by atoms with van der Waals surface area (Å²) >= 11 is 0. The lowest BCUT2D eigenvalue weighted by Crippen LogP contribution is -2.28. The van der Waals surface area contributed by atoms with Gasteiger partial charge in [-0.1, -0.05) is 12.2 Å². The smallest absolute Gasteiger partial charge is 0.335 e. The largest absolute Gasteiger partial charge is 0.478 e. The Morgan fingerprint density at radius 2 is 2.14 bits per heavy atom. The zero-order valence-electron chi connectivity index (χ0n) is 11.6. The molecule has 1 aromatic carbocycles. The summed E-state index contributed by atoms with van der Waals surface area (Å²) in [7, 11) is -3.80. The summed E-state index contributed by atoms with van der Waals surface area (Å²) in [4.78, 5) is 10.6. The van der Waals surface area contributed by atoms with Crippen molar-refractivity contribution in [2.24, 2.45) is 0 Å². The van der Waals surface area contributed by atoms with Crippen LogP contribution in [0.3, 0.4) is 0 Å². The van der Waals surface area contributed by atoms with Crippen molar-refractivity contribution in [3.63, 3.8) is 0 Å². The summed E-state index contributed by atoms with van der Waals surface area (Å²) in [6.45, 7) is 6.09. The van der Waals surface area contributed by atoms with Crippen LogP contribution >= 0.6 is 0 Å². The number of carboxylic acid groups (broad SMARTS) is 1. The van der Waals surface area contributed by atoms with Gasteiger partial charge in [0.25, 0.3) is 0 Å². The molecule has 8 heteroatoms. The minimum Gasteiger partial charge on any atom is -0.478 e. The highest BCUT2D eigenvalue weighted by Gasteiger charge is 2.18. The molecule has 1 aromatic rings. The first kappa shape index (κ1) is 17.2. The first-order chi connectivity index (χ1) is 9.74. The summed E-state index contributed by atoms with van der Waals surface area (Å²) in [5.74, 6) is -1.17. The van der Waals surface area contributed by atoms with Gasteiger partial charge in [0, 0.05) is 6.54 Å². The van der Waals surface area contributed by atoms with E-state index in [-0.39, 0.29) is 29.3 Å². The van der Waals surface area contributed by atoms with Crippen molar-refractivity contribution in [3.8, 4) is 0 Å². The van der Waals surface area contributed by atoms with Crippen LogP contribution < -0.4 is 10.5 Å². The second-order valence-electron chi connectivity index (χ2n) is 4.47. The Morgan fingerprint density at radius 1 is 1.48 bits per heavy atom. The van der Waals surface area contributed by atoms with Crippen LogP contribution in [0.25, 0.3) is 0 Å². The minimum absolute atomic E-state index is 0.0729. The quantitative estimate of drug-likeness (QED) is 0.371. The molecule has 7 nitrogen and oxygen atoms in total. The van der Waals surface area contributed by atoms with E-state index in [2.05, 4.69) is 11.3 Å². The molecule has 0 atom stereocenters. The molecule has 0 aliphatic heterocycles. The number of anilines is 1. The molecule has 0 unspecified atom stereocenters. The van der Waals surface area contributed by atoms with Crippen LogP contribution in [0.15, 0.2) is 35.2 Å². The average Bonchev–Trinajstić information content (AvgIpc) is 2.37. The van der Waals surface area contributed by atoms with Crippen LogP contribution in [0, 0.1) is 0 Å². The maximum Gasteiger partial charge on any atom is 0.335 e. The topological polar surface area (TPSA) is 119 Å². The first-order valence-electron chi connectivity index (χ1n) is 6.08. The molecule has 0 aliphatic rings. The van der Waals surface area contributed by atoms with E-state index in [0.29, 0.717) is 6.61 Å². The second-order valence-corrected chi connectivity index (χ2v) is 6.20. The summed E-state index contributed by atoms with van der Waals surface area (Å²) in [5, 5.41) is 8.80. The van der Waals surface area contributed by atoms with Gasteiger partial charge in [-0.25, -0.2) is 17.9 Å². The Bertz CT molecular complexity index is 640. The fourth-order valence-corrected chi connectivity index (χ4v) is 2.62. The van der Waals surface area contributed by atoms with Gasteiger partial charge in [-0.2, -0.15) is 0 Å². The lowest BCUT2D eigenvalue weighted by Gasteiger charge is -2.10. The van der Waals surface area contributed by atoms with Crippen LogP contribution in [-0.4, -0.2) is 39.3 Å². The third-order valence-electron chi connectivity index (χ3n) is 2.43. The lowest BCUT2D eigenvalue weighted by molar-refractivity contribution is 0.0697. The number of sulfonamides is 1.